The Labute approximate surface area is 91.6 Å². The van der Waals surface area contributed by atoms with Crippen molar-refractivity contribution in [2.45, 2.75) is 5.92 Å². The highest BCUT2D eigenvalue weighted by Gasteiger charge is 2.38. The zero-order valence-electron chi connectivity index (χ0n) is 8.48. The second-order valence-corrected chi connectivity index (χ2v) is 3.33. The van der Waals surface area contributed by atoms with Crippen molar-refractivity contribution in [1.29, 1.82) is 5.26 Å². The van der Waals surface area contributed by atoms with Crippen molar-refractivity contribution in [3.05, 3.63) is 29.3 Å². The Morgan fingerprint density at radius 1 is 1.56 bits per heavy atom. The lowest BCUT2D eigenvalue weighted by Crippen LogP contribution is -2.21. The number of esters is 1. The molecule has 1 unspecified atom stereocenters. The van der Waals surface area contributed by atoms with Crippen LogP contribution in [0.25, 0.3) is 0 Å². The highest BCUT2D eigenvalue weighted by molar-refractivity contribution is 6.15. The monoisotopic (exact) mass is 216 g/mol. The van der Waals surface area contributed by atoms with E-state index in [-0.39, 0.29) is 0 Å². The van der Waals surface area contributed by atoms with E-state index in [1.807, 2.05) is 6.07 Å². The molecule has 0 aromatic heterocycles. The maximum Gasteiger partial charge on any atom is 0.322 e. The second-order valence-electron chi connectivity index (χ2n) is 3.33. The first-order valence-electron chi connectivity index (χ1n) is 4.60. The summed E-state index contributed by atoms with van der Waals surface area (Å²) in [6.07, 6.45) is 0. The van der Waals surface area contributed by atoms with Crippen molar-refractivity contribution in [1.82, 2.24) is 0 Å². The van der Waals surface area contributed by atoms with Gasteiger partial charge in [-0.25, -0.2) is 0 Å². The van der Waals surface area contributed by atoms with Crippen molar-refractivity contribution in [2.75, 3.05) is 12.4 Å². The molecule has 16 heavy (non-hydrogen) atoms. The third-order valence-corrected chi connectivity index (χ3v) is 2.48. The van der Waals surface area contributed by atoms with Gasteiger partial charge in [-0.2, -0.15) is 5.26 Å². The molecule has 0 saturated heterocycles. The van der Waals surface area contributed by atoms with Gasteiger partial charge in [0.1, 0.15) is 6.07 Å². The van der Waals surface area contributed by atoms with Gasteiger partial charge in [-0.05, 0) is 6.07 Å². The van der Waals surface area contributed by atoms with Crippen LogP contribution in [0.3, 0.4) is 0 Å². The molecule has 0 bridgehead atoms. The minimum atomic E-state index is -0.965. The Hall–Kier alpha value is -2.35. The fourth-order valence-electron chi connectivity index (χ4n) is 1.73. The minimum Gasteiger partial charge on any atom is -0.468 e. The summed E-state index contributed by atoms with van der Waals surface area (Å²) in [7, 11) is 1.22. The van der Waals surface area contributed by atoms with Gasteiger partial charge in [0, 0.05) is 5.56 Å². The molecule has 1 amide bonds. The quantitative estimate of drug-likeness (QED) is 0.555. The average molecular weight is 216 g/mol. The molecule has 5 nitrogen and oxygen atoms in total. The van der Waals surface area contributed by atoms with Crippen LogP contribution >= 0.6 is 0 Å². The molecule has 0 fully saturated rings. The number of para-hydroxylation sites is 1. The first-order chi connectivity index (χ1) is 7.69. The molecule has 2 rings (SSSR count). The van der Waals surface area contributed by atoms with Gasteiger partial charge >= 0.3 is 5.97 Å². The summed E-state index contributed by atoms with van der Waals surface area (Å²) in [5, 5.41) is 11.4. The fourth-order valence-corrected chi connectivity index (χ4v) is 1.73. The Bertz CT molecular complexity index is 516. The van der Waals surface area contributed by atoms with Crippen molar-refractivity contribution < 1.29 is 14.3 Å². The number of ether oxygens (including phenoxy) is 1. The first kappa shape index (κ1) is 10.2. The molecular formula is C11H8N2O3. The summed E-state index contributed by atoms with van der Waals surface area (Å²) in [6, 6.07) is 6.81. The third-order valence-electron chi connectivity index (χ3n) is 2.48. The van der Waals surface area contributed by atoms with Crippen LogP contribution in [0.15, 0.2) is 18.2 Å². The number of hydrogen-bond donors (Lipinski definition) is 1. The Morgan fingerprint density at radius 2 is 2.31 bits per heavy atom. The summed E-state index contributed by atoms with van der Waals surface area (Å²) >= 11 is 0. The van der Waals surface area contributed by atoms with Crippen LogP contribution < -0.4 is 5.32 Å². The number of amides is 1. The number of carbonyl (C=O) groups is 2. The van der Waals surface area contributed by atoms with Gasteiger partial charge in [0.15, 0.2) is 5.92 Å². The summed E-state index contributed by atoms with van der Waals surface area (Å²) in [6.45, 7) is 0. The van der Waals surface area contributed by atoms with E-state index in [4.69, 9.17) is 5.26 Å². The number of fused-ring (bicyclic) bond motifs is 1. The predicted octanol–water partition coefficient (Wildman–Crippen LogP) is 0.767. The smallest absolute Gasteiger partial charge is 0.322 e. The number of hydrogen-bond acceptors (Lipinski definition) is 4. The Kier molecular flexibility index (Phi) is 2.33. The normalized spacial score (nSPS) is 17.2. The van der Waals surface area contributed by atoms with E-state index in [1.54, 1.807) is 18.2 Å². The molecular weight excluding hydrogens is 208 g/mol. The van der Waals surface area contributed by atoms with Crippen molar-refractivity contribution in [3.63, 3.8) is 0 Å². The molecule has 80 valence electrons. The van der Waals surface area contributed by atoms with E-state index < -0.39 is 17.8 Å². The Morgan fingerprint density at radius 3 is 2.94 bits per heavy atom. The van der Waals surface area contributed by atoms with Crippen LogP contribution in [0.1, 0.15) is 17.0 Å². The van der Waals surface area contributed by atoms with Gasteiger partial charge in [0.2, 0.25) is 5.91 Å². The number of nitrogens with one attached hydrogen (secondary N) is 1. The lowest BCUT2D eigenvalue weighted by molar-refractivity contribution is -0.144. The molecule has 1 heterocycles. The standard InChI is InChI=1S/C11H8N2O3/c1-16-11(15)8-7-4-2-3-6(5-12)9(7)13-10(8)14/h2-4,8H,1H3,(H,13,14). The summed E-state index contributed by atoms with van der Waals surface area (Å²) in [4.78, 5) is 23.0. The number of anilines is 1. The maximum absolute atomic E-state index is 11.6. The van der Waals surface area contributed by atoms with Crippen LogP contribution in [0.5, 0.6) is 0 Å². The second kappa shape index (κ2) is 3.66. The molecule has 1 aromatic rings. The van der Waals surface area contributed by atoms with Crippen molar-refractivity contribution in [3.8, 4) is 6.07 Å². The molecule has 1 aliphatic heterocycles. The molecule has 0 radical (unpaired) electrons. The number of carbonyl (C=O) groups excluding carboxylic acids is 2. The lowest BCUT2D eigenvalue weighted by atomic mass is 9.99. The molecule has 1 atom stereocenters. The topological polar surface area (TPSA) is 79.2 Å². The van der Waals surface area contributed by atoms with E-state index in [0.717, 1.165) is 0 Å². The van der Waals surface area contributed by atoms with Crippen molar-refractivity contribution >= 4 is 17.6 Å². The maximum atomic E-state index is 11.6. The SMILES string of the molecule is COC(=O)C1C(=O)Nc2c(C#N)cccc21. The van der Waals surface area contributed by atoms with Crippen molar-refractivity contribution in [2.24, 2.45) is 0 Å². The molecule has 0 aliphatic carbocycles. The van der Waals surface area contributed by atoms with E-state index >= 15 is 0 Å². The van der Waals surface area contributed by atoms with E-state index in [9.17, 15) is 9.59 Å². The van der Waals surface area contributed by atoms with Gasteiger partial charge in [-0.1, -0.05) is 12.1 Å². The van der Waals surface area contributed by atoms with Crippen LogP contribution in [0, 0.1) is 11.3 Å². The van der Waals surface area contributed by atoms with Gasteiger partial charge in [-0.3, -0.25) is 9.59 Å². The number of methoxy groups -OCH3 is 1. The third kappa shape index (κ3) is 1.32. The summed E-state index contributed by atoms with van der Waals surface area (Å²) in [5.74, 6) is -2.04. The van der Waals surface area contributed by atoms with Crippen LogP contribution in [-0.2, 0) is 14.3 Å². The highest BCUT2D eigenvalue weighted by atomic mass is 16.5. The molecule has 0 spiro atoms. The molecule has 5 heteroatoms. The van der Waals surface area contributed by atoms with Gasteiger partial charge in [-0.15, -0.1) is 0 Å². The fraction of sp³-hybridized carbons (Fsp3) is 0.182. The van der Waals surface area contributed by atoms with Crippen LogP contribution in [0.4, 0.5) is 5.69 Å². The van der Waals surface area contributed by atoms with E-state index in [2.05, 4.69) is 10.1 Å². The molecule has 1 aromatic carbocycles. The molecule has 0 saturated carbocycles. The number of nitriles is 1. The van der Waals surface area contributed by atoms with Gasteiger partial charge in [0.25, 0.3) is 0 Å². The average Bonchev–Trinajstić information content (AvgIpc) is 2.63. The Balaban J connectivity index is 2.55. The number of benzene rings is 1. The van der Waals surface area contributed by atoms with E-state index in [0.29, 0.717) is 16.8 Å². The molecule has 1 N–H and O–H groups in total. The van der Waals surface area contributed by atoms with Gasteiger partial charge < -0.3 is 10.1 Å². The lowest BCUT2D eigenvalue weighted by Gasteiger charge is -2.05. The number of rotatable bonds is 1. The predicted molar refractivity (Wildman–Crippen MR) is 54.5 cm³/mol. The zero-order valence-corrected chi connectivity index (χ0v) is 8.48. The van der Waals surface area contributed by atoms with Crippen LogP contribution in [0.2, 0.25) is 0 Å². The zero-order chi connectivity index (χ0) is 11.7. The first-order valence-corrected chi connectivity index (χ1v) is 4.60. The number of nitrogens with zero attached hydrogens (tertiary/aromatic N) is 1. The summed E-state index contributed by atoms with van der Waals surface area (Å²) in [5.41, 5.74) is 1.25. The van der Waals surface area contributed by atoms with Crippen LogP contribution in [-0.4, -0.2) is 19.0 Å². The summed E-state index contributed by atoms with van der Waals surface area (Å²) < 4.78 is 4.55. The minimum absolute atomic E-state index is 0.345. The molecule has 1 aliphatic rings. The highest BCUT2D eigenvalue weighted by Crippen LogP contribution is 2.35. The van der Waals surface area contributed by atoms with Gasteiger partial charge in [0.05, 0.1) is 18.4 Å². The largest absolute Gasteiger partial charge is 0.468 e. The van der Waals surface area contributed by atoms with E-state index in [1.165, 1.54) is 7.11 Å².